The first-order valence-corrected chi connectivity index (χ1v) is 5.81. The zero-order valence-corrected chi connectivity index (χ0v) is 10.2. The fourth-order valence-electron chi connectivity index (χ4n) is 1.80. The smallest absolute Gasteiger partial charge is 0.488 e. The Kier molecular flexibility index (Phi) is 4.02. The van der Waals surface area contributed by atoms with E-state index in [1.54, 1.807) is 12.1 Å². The van der Waals surface area contributed by atoms with E-state index in [4.69, 9.17) is 4.74 Å². The molecule has 18 heavy (non-hydrogen) atoms. The van der Waals surface area contributed by atoms with E-state index >= 15 is 0 Å². The largest absolute Gasteiger partial charge is 0.489 e. The molecule has 2 rings (SSSR count). The van der Waals surface area contributed by atoms with Crippen LogP contribution in [-0.4, -0.2) is 17.2 Å². The van der Waals surface area contributed by atoms with Gasteiger partial charge in [-0.05, 0) is 29.6 Å². The van der Waals surface area contributed by atoms with E-state index in [9.17, 15) is 10.0 Å². The summed E-state index contributed by atoms with van der Waals surface area (Å²) in [5, 5.41) is 18.4. The molecule has 4 heteroatoms. The topological polar surface area (TPSA) is 49.7 Å². The second kappa shape index (κ2) is 5.71. The van der Waals surface area contributed by atoms with Crippen LogP contribution in [0.4, 0.5) is 0 Å². The summed E-state index contributed by atoms with van der Waals surface area (Å²) in [7, 11) is -1.47. The zero-order valence-electron chi connectivity index (χ0n) is 10.2. The predicted octanol–water partition coefficient (Wildman–Crippen LogP) is 1.25. The summed E-state index contributed by atoms with van der Waals surface area (Å²) in [6.07, 6.45) is 0. The highest BCUT2D eigenvalue weighted by Gasteiger charge is 2.16. The minimum absolute atomic E-state index is 0.465. The fraction of sp³-hybridized carbons (Fsp3) is 0.143. The van der Waals surface area contributed by atoms with Crippen LogP contribution in [0.5, 0.6) is 5.75 Å². The summed E-state index contributed by atoms with van der Waals surface area (Å²) in [6, 6.07) is 15.1. The van der Waals surface area contributed by atoms with Crippen LogP contribution < -0.4 is 10.2 Å². The predicted molar refractivity (Wildman–Crippen MR) is 71.8 cm³/mol. The molecule has 0 saturated heterocycles. The Morgan fingerprint density at radius 2 is 1.72 bits per heavy atom. The van der Waals surface area contributed by atoms with E-state index in [-0.39, 0.29) is 0 Å². The molecule has 2 aromatic rings. The Labute approximate surface area is 107 Å². The van der Waals surface area contributed by atoms with E-state index in [1.807, 2.05) is 43.3 Å². The highest BCUT2D eigenvalue weighted by Crippen LogP contribution is 2.17. The summed E-state index contributed by atoms with van der Waals surface area (Å²) < 4.78 is 5.69. The van der Waals surface area contributed by atoms with Crippen molar-refractivity contribution in [1.29, 1.82) is 0 Å². The quantitative estimate of drug-likeness (QED) is 0.793. The second-order valence-corrected chi connectivity index (χ2v) is 4.12. The van der Waals surface area contributed by atoms with Crippen LogP contribution in [0, 0.1) is 6.92 Å². The van der Waals surface area contributed by atoms with Gasteiger partial charge in [0.1, 0.15) is 12.4 Å². The molecule has 2 aromatic carbocycles. The van der Waals surface area contributed by atoms with Gasteiger partial charge in [0.15, 0.2) is 0 Å². The van der Waals surface area contributed by atoms with Crippen molar-refractivity contribution in [3.05, 3.63) is 59.7 Å². The van der Waals surface area contributed by atoms with Crippen LogP contribution in [0.2, 0.25) is 0 Å². The van der Waals surface area contributed by atoms with Gasteiger partial charge in [0.2, 0.25) is 0 Å². The zero-order chi connectivity index (χ0) is 13.0. The number of rotatable bonds is 4. The Bertz CT molecular complexity index is 512. The second-order valence-electron chi connectivity index (χ2n) is 4.12. The van der Waals surface area contributed by atoms with Crippen LogP contribution in [0.3, 0.4) is 0 Å². The van der Waals surface area contributed by atoms with Gasteiger partial charge in [0, 0.05) is 0 Å². The van der Waals surface area contributed by atoms with Crippen molar-refractivity contribution in [2.24, 2.45) is 0 Å². The van der Waals surface area contributed by atoms with Gasteiger partial charge >= 0.3 is 7.12 Å². The van der Waals surface area contributed by atoms with E-state index in [2.05, 4.69) is 0 Å². The van der Waals surface area contributed by atoms with Crippen molar-refractivity contribution >= 4 is 12.6 Å². The van der Waals surface area contributed by atoms with Crippen molar-refractivity contribution in [2.75, 3.05) is 0 Å². The molecular formula is C14H15BO3. The third-order valence-electron chi connectivity index (χ3n) is 2.84. The first kappa shape index (κ1) is 12.7. The Morgan fingerprint density at radius 3 is 2.39 bits per heavy atom. The SMILES string of the molecule is Cc1c(OCc2ccccc2)cccc1B(O)O. The minimum atomic E-state index is -1.47. The maximum Gasteiger partial charge on any atom is 0.488 e. The number of hydrogen-bond donors (Lipinski definition) is 2. The van der Waals surface area contributed by atoms with E-state index in [0.29, 0.717) is 17.8 Å². The number of hydrogen-bond acceptors (Lipinski definition) is 3. The third-order valence-corrected chi connectivity index (χ3v) is 2.84. The number of ether oxygens (including phenoxy) is 1. The third kappa shape index (κ3) is 2.91. The summed E-state index contributed by atoms with van der Waals surface area (Å²) in [5.74, 6) is 0.671. The molecule has 2 N–H and O–H groups in total. The lowest BCUT2D eigenvalue weighted by molar-refractivity contribution is 0.304. The maximum absolute atomic E-state index is 9.21. The molecule has 0 heterocycles. The van der Waals surface area contributed by atoms with Gasteiger partial charge in [-0.1, -0.05) is 42.5 Å². The molecule has 0 aliphatic rings. The minimum Gasteiger partial charge on any atom is -0.489 e. The molecule has 0 spiro atoms. The first-order valence-electron chi connectivity index (χ1n) is 5.81. The van der Waals surface area contributed by atoms with Crippen LogP contribution >= 0.6 is 0 Å². The lowest BCUT2D eigenvalue weighted by atomic mass is 9.77. The average molecular weight is 242 g/mol. The first-order chi connectivity index (χ1) is 8.68. The molecule has 0 atom stereocenters. The molecule has 0 amide bonds. The molecule has 0 aromatic heterocycles. The summed E-state index contributed by atoms with van der Waals surface area (Å²) in [6.45, 7) is 2.28. The summed E-state index contributed by atoms with van der Waals surface area (Å²) in [4.78, 5) is 0. The molecule has 0 radical (unpaired) electrons. The van der Waals surface area contributed by atoms with Crippen molar-refractivity contribution in [2.45, 2.75) is 13.5 Å². The normalized spacial score (nSPS) is 10.2. The van der Waals surface area contributed by atoms with Gasteiger partial charge in [0.05, 0.1) is 0 Å². The molecule has 0 aliphatic heterocycles. The van der Waals surface area contributed by atoms with Gasteiger partial charge in [-0.25, -0.2) is 0 Å². The molecule has 92 valence electrons. The van der Waals surface area contributed by atoms with E-state index in [1.165, 1.54) is 0 Å². The lowest BCUT2D eigenvalue weighted by Gasteiger charge is -2.12. The van der Waals surface area contributed by atoms with Crippen LogP contribution in [0.25, 0.3) is 0 Å². The standard InChI is InChI=1S/C14H15BO3/c1-11-13(15(16)17)8-5-9-14(11)18-10-12-6-3-2-4-7-12/h2-9,16-17H,10H2,1H3. The lowest BCUT2D eigenvalue weighted by Crippen LogP contribution is -2.32. The monoisotopic (exact) mass is 242 g/mol. The van der Waals surface area contributed by atoms with Crippen LogP contribution in [0.15, 0.2) is 48.5 Å². The Morgan fingerprint density at radius 1 is 1.00 bits per heavy atom. The van der Waals surface area contributed by atoms with Crippen molar-refractivity contribution in [3.8, 4) is 5.75 Å². The van der Waals surface area contributed by atoms with Crippen LogP contribution in [0.1, 0.15) is 11.1 Å². The van der Waals surface area contributed by atoms with Crippen LogP contribution in [-0.2, 0) is 6.61 Å². The van der Waals surface area contributed by atoms with Gasteiger partial charge in [0.25, 0.3) is 0 Å². The molecule has 0 saturated carbocycles. The summed E-state index contributed by atoms with van der Waals surface area (Å²) >= 11 is 0. The Balaban J connectivity index is 2.13. The van der Waals surface area contributed by atoms with Gasteiger partial charge in [-0.15, -0.1) is 0 Å². The average Bonchev–Trinajstić information content (AvgIpc) is 2.38. The van der Waals surface area contributed by atoms with Crippen molar-refractivity contribution < 1.29 is 14.8 Å². The van der Waals surface area contributed by atoms with Gasteiger partial charge in [-0.3, -0.25) is 0 Å². The van der Waals surface area contributed by atoms with Crippen molar-refractivity contribution in [1.82, 2.24) is 0 Å². The molecule has 0 fully saturated rings. The van der Waals surface area contributed by atoms with E-state index in [0.717, 1.165) is 11.1 Å². The fourth-order valence-corrected chi connectivity index (χ4v) is 1.80. The molecule has 0 aliphatic carbocycles. The molecular weight excluding hydrogens is 227 g/mol. The van der Waals surface area contributed by atoms with Crippen molar-refractivity contribution in [3.63, 3.8) is 0 Å². The summed E-state index contributed by atoms with van der Waals surface area (Å²) in [5.41, 5.74) is 2.30. The highest BCUT2D eigenvalue weighted by molar-refractivity contribution is 6.59. The number of benzene rings is 2. The Hall–Kier alpha value is -1.78. The molecule has 3 nitrogen and oxygen atoms in total. The maximum atomic E-state index is 9.21. The molecule has 0 unspecified atom stereocenters. The van der Waals surface area contributed by atoms with E-state index < -0.39 is 7.12 Å². The molecule has 0 bridgehead atoms. The highest BCUT2D eigenvalue weighted by atomic mass is 16.5. The van der Waals surface area contributed by atoms with Gasteiger partial charge < -0.3 is 14.8 Å². The van der Waals surface area contributed by atoms with Gasteiger partial charge in [-0.2, -0.15) is 0 Å².